The van der Waals surface area contributed by atoms with Crippen LogP contribution in [0.25, 0.3) is 22.3 Å². The molecule has 1 heterocycles. The van der Waals surface area contributed by atoms with Gasteiger partial charge in [0.1, 0.15) is 11.3 Å². The molecule has 150 valence electrons. The molecule has 0 radical (unpaired) electrons. The number of rotatable bonds is 3. The summed E-state index contributed by atoms with van der Waals surface area (Å²) < 4.78 is 5.87. The third kappa shape index (κ3) is 4.08. The van der Waals surface area contributed by atoms with E-state index in [1.54, 1.807) is 36.4 Å². The van der Waals surface area contributed by atoms with Crippen molar-refractivity contribution >= 4 is 57.4 Å². The third-order valence-corrected chi connectivity index (χ3v) is 5.37. The molecule has 4 nitrogen and oxygen atoms in total. The van der Waals surface area contributed by atoms with Crippen LogP contribution in [0.15, 0.2) is 69.9 Å². The van der Waals surface area contributed by atoms with E-state index in [1.165, 1.54) is 18.2 Å². The highest BCUT2D eigenvalue weighted by atomic mass is 35.5. The van der Waals surface area contributed by atoms with Crippen molar-refractivity contribution in [3.05, 3.63) is 97.1 Å². The molecule has 1 N–H and O–H groups in total. The number of carbonyl (C=O) groups excluding carboxylic acids is 1. The maximum atomic E-state index is 12.6. The summed E-state index contributed by atoms with van der Waals surface area (Å²) in [6.07, 6.45) is 0. The van der Waals surface area contributed by atoms with Gasteiger partial charge >= 0.3 is 0 Å². The third-order valence-electron chi connectivity index (χ3n) is 4.56. The number of hydrogen-bond acceptors (Lipinski definition) is 3. The number of aryl methyl sites for hydroxylation is 1. The Kier molecular flexibility index (Phi) is 5.56. The molecule has 3 aromatic carbocycles. The van der Waals surface area contributed by atoms with E-state index < -0.39 is 0 Å². The second-order valence-electron chi connectivity index (χ2n) is 6.75. The first-order chi connectivity index (χ1) is 14.3. The van der Waals surface area contributed by atoms with Crippen LogP contribution in [0.1, 0.15) is 15.9 Å². The van der Waals surface area contributed by atoms with Crippen molar-refractivity contribution < 1.29 is 9.21 Å². The Balaban J connectivity index is 1.62. The van der Waals surface area contributed by atoms with Gasteiger partial charge in [-0.1, -0.05) is 58.6 Å². The van der Waals surface area contributed by atoms with E-state index in [4.69, 9.17) is 39.2 Å². The van der Waals surface area contributed by atoms with Gasteiger partial charge in [-0.05, 0) is 43.3 Å². The number of fused-ring (bicyclic) bond motifs is 1. The minimum absolute atomic E-state index is 0.121. The van der Waals surface area contributed by atoms with Crippen molar-refractivity contribution in [1.29, 1.82) is 0 Å². The van der Waals surface area contributed by atoms with E-state index in [2.05, 4.69) is 5.32 Å². The average molecular weight is 459 g/mol. The summed E-state index contributed by atoms with van der Waals surface area (Å²) in [6, 6.07) is 16.6. The molecule has 7 heteroatoms. The van der Waals surface area contributed by atoms with Crippen LogP contribution < -0.4 is 10.7 Å². The van der Waals surface area contributed by atoms with Crippen LogP contribution in [0.2, 0.25) is 15.1 Å². The lowest BCUT2D eigenvalue weighted by Crippen LogP contribution is -2.12. The minimum atomic E-state index is -0.386. The molecule has 0 fully saturated rings. The second-order valence-corrected chi connectivity index (χ2v) is 8.00. The van der Waals surface area contributed by atoms with Crippen molar-refractivity contribution in [3.63, 3.8) is 0 Å². The van der Waals surface area contributed by atoms with E-state index >= 15 is 0 Å². The quantitative estimate of drug-likeness (QED) is 0.360. The molecule has 0 saturated carbocycles. The molecule has 4 rings (SSSR count). The molecule has 1 amide bonds. The normalized spacial score (nSPS) is 10.9. The lowest BCUT2D eigenvalue weighted by atomic mass is 10.1. The summed E-state index contributed by atoms with van der Waals surface area (Å²) >= 11 is 18.1. The van der Waals surface area contributed by atoms with Crippen LogP contribution >= 0.6 is 34.8 Å². The van der Waals surface area contributed by atoms with E-state index in [1.807, 2.05) is 13.0 Å². The van der Waals surface area contributed by atoms with Gasteiger partial charge in [-0.25, -0.2) is 0 Å². The molecule has 4 aromatic rings. The largest absolute Gasteiger partial charge is 0.456 e. The summed E-state index contributed by atoms with van der Waals surface area (Å²) in [7, 11) is 0. The Labute approximate surface area is 187 Å². The highest BCUT2D eigenvalue weighted by Gasteiger charge is 2.14. The fourth-order valence-electron chi connectivity index (χ4n) is 3.05. The number of benzene rings is 3. The number of hydrogen-bond donors (Lipinski definition) is 1. The van der Waals surface area contributed by atoms with E-state index in [-0.39, 0.29) is 27.1 Å². The molecular formula is C23H14Cl3NO3. The average Bonchev–Trinajstić information content (AvgIpc) is 2.71. The minimum Gasteiger partial charge on any atom is -0.456 e. The van der Waals surface area contributed by atoms with Gasteiger partial charge < -0.3 is 9.73 Å². The summed E-state index contributed by atoms with van der Waals surface area (Å²) in [5.41, 5.74) is 2.72. The molecule has 30 heavy (non-hydrogen) atoms. The van der Waals surface area contributed by atoms with E-state index in [9.17, 15) is 9.59 Å². The lowest BCUT2D eigenvalue weighted by molar-refractivity contribution is 0.102. The van der Waals surface area contributed by atoms with Gasteiger partial charge in [-0.15, -0.1) is 0 Å². The van der Waals surface area contributed by atoms with Gasteiger partial charge in [0, 0.05) is 22.2 Å². The monoisotopic (exact) mass is 457 g/mol. The fraction of sp³-hybridized carbons (Fsp3) is 0.0435. The highest BCUT2D eigenvalue weighted by Crippen LogP contribution is 2.34. The first kappa shape index (κ1) is 20.5. The zero-order valence-electron chi connectivity index (χ0n) is 15.6. The maximum absolute atomic E-state index is 12.6. The fourth-order valence-corrected chi connectivity index (χ4v) is 3.96. The summed E-state index contributed by atoms with van der Waals surface area (Å²) in [6.45, 7) is 1.92. The van der Waals surface area contributed by atoms with E-state index in [0.29, 0.717) is 32.9 Å². The number of amides is 1. The van der Waals surface area contributed by atoms with Crippen LogP contribution in [-0.4, -0.2) is 5.91 Å². The molecule has 0 bridgehead atoms. The van der Waals surface area contributed by atoms with Gasteiger partial charge in [-0.2, -0.15) is 0 Å². The van der Waals surface area contributed by atoms with Gasteiger partial charge in [-0.3, -0.25) is 9.59 Å². The summed E-state index contributed by atoms with van der Waals surface area (Å²) in [5.74, 6) is 0.0372. The van der Waals surface area contributed by atoms with Crippen molar-refractivity contribution in [2.24, 2.45) is 0 Å². The van der Waals surface area contributed by atoms with Crippen LogP contribution in [0.4, 0.5) is 5.69 Å². The maximum Gasteiger partial charge on any atom is 0.255 e. The van der Waals surface area contributed by atoms with Crippen molar-refractivity contribution in [2.45, 2.75) is 6.92 Å². The predicted octanol–water partition coefficient (Wildman–Crippen LogP) is 6.98. The Morgan fingerprint density at radius 3 is 2.23 bits per heavy atom. The lowest BCUT2D eigenvalue weighted by Gasteiger charge is -2.10. The van der Waals surface area contributed by atoms with Gasteiger partial charge in [0.2, 0.25) is 0 Å². The second kappa shape index (κ2) is 8.15. The first-order valence-corrected chi connectivity index (χ1v) is 10.1. The number of halogens is 3. The van der Waals surface area contributed by atoms with Gasteiger partial charge in [0.05, 0.1) is 21.1 Å². The highest BCUT2D eigenvalue weighted by molar-refractivity contribution is 6.42. The number of nitrogens with one attached hydrogen (secondary N) is 1. The van der Waals surface area contributed by atoms with Crippen LogP contribution in [-0.2, 0) is 0 Å². The molecule has 1 aromatic heterocycles. The van der Waals surface area contributed by atoms with Gasteiger partial charge in [0.25, 0.3) is 5.91 Å². The molecule has 0 aliphatic rings. The molecular weight excluding hydrogens is 445 g/mol. The molecule has 0 unspecified atom stereocenters. The van der Waals surface area contributed by atoms with Crippen molar-refractivity contribution in [1.82, 2.24) is 0 Å². The number of anilines is 1. The molecule has 0 aliphatic carbocycles. The standard InChI is InChI=1S/C23H14Cl3NO3/c1-12-2-7-20-16(8-12)19(28)11-21(30-20)13-3-5-14(6-4-13)23(29)27-22-17(25)9-15(24)10-18(22)26/h2-11H,1H3,(H,27,29). The number of carbonyl (C=O) groups is 1. The molecule has 0 saturated heterocycles. The van der Waals surface area contributed by atoms with E-state index in [0.717, 1.165) is 5.56 Å². The van der Waals surface area contributed by atoms with Crippen LogP contribution in [0.3, 0.4) is 0 Å². The first-order valence-electron chi connectivity index (χ1n) is 8.92. The van der Waals surface area contributed by atoms with Crippen molar-refractivity contribution in [3.8, 4) is 11.3 Å². The smallest absolute Gasteiger partial charge is 0.255 e. The Hall–Kier alpha value is -2.79. The Morgan fingerprint density at radius 1 is 0.900 bits per heavy atom. The Bertz CT molecular complexity index is 1320. The van der Waals surface area contributed by atoms with Gasteiger partial charge in [0.15, 0.2) is 5.43 Å². The molecule has 0 aliphatic heterocycles. The topological polar surface area (TPSA) is 59.3 Å². The summed E-state index contributed by atoms with van der Waals surface area (Å²) in [5, 5.41) is 4.08. The zero-order chi connectivity index (χ0) is 21.4. The summed E-state index contributed by atoms with van der Waals surface area (Å²) in [4.78, 5) is 25.0. The Morgan fingerprint density at radius 2 is 1.57 bits per heavy atom. The molecule has 0 atom stereocenters. The van der Waals surface area contributed by atoms with Crippen LogP contribution in [0.5, 0.6) is 0 Å². The zero-order valence-corrected chi connectivity index (χ0v) is 17.9. The van der Waals surface area contributed by atoms with Crippen LogP contribution in [0, 0.1) is 6.92 Å². The van der Waals surface area contributed by atoms with Crippen molar-refractivity contribution in [2.75, 3.05) is 5.32 Å². The SMILES string of the molecule is Cc1ccc2oc(-c3ccc(C(=O)Nc4c(Cl)cc(Cl)cc4Cl)cc3)cc(=O)c2c1. The predicted molar refractivity (Wildman–Crippen MR) is 122 cm³/mol. The molecule has 0 spiro atoms.